The maximum Gasteiger partial charge on any atom is 0.324 e. The number of hydrogen-bond donors (Lipinski definition) is 2. The number of hydrogen-bond acceptors (Lipinski definition) is 3. The van der Waals surface area contributed by atoms with Gasteiger partial charge in [0.2, 0.25) is 0 Å². The Kier molecular flexibility index (Phi) is 4.90. The van der Waals surface area contributed by atoms with Gasteiger partial charge >= 0.3 is 5.97 Å². The zero-order valence-electron chi connectivity index (χ0n) is 9.81. The molecule has 5 heteroatoms. The van der Waals surface area contributed by atoms with Crippen molar-refractivity contribution in [3.8, 4) is 5.75 Å². The summed E-state index contributed by atoms with van der Waals surface area (Å²) in [5, 5.41) is 11.8. The smallest absolute Gasteiger partial charge is 0.324 e. The molecule has 4 nitrogen and oxygen atoms in total. The Bertz CT molecular complexity index is 382. The number of para-hydroxylation sites is 1. The molecule has 0 aliphatic heterocycles. The Morgan fingerprint density at radius 3 is 2.65 bits per heavy atom. The quantitative estimate of drug-likeness (QED) is 0.795. The summed E-state index contributed by atoms with van der Waals surface area (Å²) in [6.07, 6.45) is 0. The first-order valence-corrected chi connectivity index (χ1v) is 5.37. The minimum Gasteiger partial charge on any atom is -0.488 e. The van der Waals surface area contributed by atoms with E-state index in [1.807, 2.05) is 13.8 Å². The molecule has 0 saturated heterocycles. The van der Waals surface area contributed by atoms with Crippen LogP contribution >= 0.6 is 0 Å². The summed E-state index contributed by atoms with van der Waals surface area (Å²) in [6.45, 7) is 3.55. The number of carbonyl (C=O) groups is 1. The lowest BCUT2D eigenvalue weighted by molar-refractivity contribution is -0.140. The highest BCUT2D eigenvalue weighted by molar-refractivity contribution is 5.73. The van der Waals surface area contributed by atoms with Gasteiger partial charge < -0.3 is 9.84 Å². The van der Waals surface area contributed by atoms with Gasteiger partial charge in [-0.25, -0.2) is 4.39 Å². The summed E-state index contributed by atoms with van der Waals surface area (Å²) >= 11 is 0. The van der Waals surface area contributed by atoms with E-state index in [2.05, 4.69) is 5.32 Å². The van der Waals surface area contributed by atoms with Crippen molar-refractivity contribution in [1.29, 1.82) is 0 Å². The van der Waals surface area contributed by atoms with E-state index in [1.54, 1.807) is 12.1 Å². The maximum absolute atomic E-state index is 13.2. The van der Waals surface area contributed by atoms with E-state index in [0.717, 1.165) is 0 Å². The molecule has 0 spiro atoms. The topological polar surface area (TPSA) is 58.6 Å². The highest BCUT2D eigenvalue weighted by Crippen LogP contribution is 2.15. The van der Waals surface area contributed by atoms with Gasteiger partial charge in [0, 0.05) is 6.04 Å². The summed E-state index contributed by atoms with van der Waals surface area (Å²) in [6, 6.07) is 5.06. The second-order valence-corrected chi connectivity index (χ2v) is 3.95. The van der Waals surface area contributed by atoms with E-state index in [-0.39, 0.29) is 18.4 Å². The molecule has 0 aromatic heterocycles. The minimum absolute atomic E-state index is 0.0142. The second kappa shape index (κ2) is 6.20. The van der Waals surface area contributed by atoms with Crippen molar-refractivity contribution in [2.75, 3.05) is 6.61 Å². The highest BCUT2D eigenvalue weighted by Gasteiger charge is 2.19. The van der Waals surface area contributed by atoms with Crippen LogP contribution in [0, 0.1) is 5.82 Å². The molecule has 0 bridgehead atoms. The van der Waals surface area contributed by atoms with Crippen molar-refractivity contribution in [2.24, 2.45) is 0 Å². The number of benzene rings is 1. The number of halogens is 1. The van der Waals surface area contributed by atoms with E-state index in [4.69, 9.17) is 9.84 Å². The Hall–Kier alpha value is -1.62. The van der Waals surface area contributed by atoms with Crippen LogP contribution in [0.2, 0.25) is 0 Å². The molecule has 0 fully saturated rings. The average molecular weight is 241 g/mol. The third kappa shape index (κ3) is 4.40. The molecular weight excluding hydrogens is 225 g/mol. The van der Waals surface area contributed by atoms with E-state index >= 15 is 0 Å². The van der Waals surface area contributed by atoms with E-state index in [9.17, 15) is 9.18 Å². The summed E-state index contributed by atoms with van der Waals surface area (Å²) in [7, 11) is 0. The summed E-state index contributed by atoms with van der Waals surface area (Å²) in [4.78, 5) is 10.9. The maximum atomic E-state index is 13.2. The van der Waals surface area contributed by atoms with Gasteiger partial charge in [-0.05, 0) is 12.1 Å². The van der Waals surface area contributed by atoms with Crippen LogP contribution in [0.15, 0.2) is 24.3 Å². The Labute approximate surface area is 99.4 Å². The van der Waals surface area contributed by atoms with Crippen LogP contribution in [0.1, 0.15) is 13.8 Å². The van der Waals surface area contributed by atoms with Crippen LogP contribution in [0.3, 0.4) is 0 Å². The normalized spacial score (nSPS) is 12.5. The molecule has 2 N–H and O–H groups in total. The van der Waals surface area contributed by atoms with Crippen LogP contribution < -0.4 is 10.1 Å². The molecule has 17 heavy (non-hydrogen) atoms. The lowest BCUT2D eigenvalue weighted by atomic mass is 10.2. The van der Waals surface area contributed by atoms with Gasteiger partial charge in [-0.15, -0.1) is 0 Å². The van der Waals surface area contributed by atoms with Crippen LogP contribution in [-0.2, 0) is 4.79 Å². The molecule has 0 radical (unpaired) electrons. The van der Waals surface area contributed by atoms with Gasteiger partial charge in [0.1, 0.15) is 12.6 Å². The molecule has 94 valence electrons. The van der Waals surface area contributed by atoms with Crippen LogP contribution in [0.25, 0.3) is 0 Å². The zero-order valence-corrected chi connectivity index (χ0v) is 9.81. The lowest BCUT2D eigenvalue weighted by Crippen LogP contribution is -2.44. The number of carboxylic acid groups (broad SMARTS) is 1. The van der Waals surface area contributed by atoms with Crippen molar-refractivity contribution in [3.05, 3.63) is 30.1 Å². The molecule has 1 aromatic carbocycles. The fourth-order valence-electron chi connectivity index (χ4n) is 1.33. The molecule has 1 atom stereocenters. The van der Waals surface area contributed by atoms with Crippen LogP contribution in [0.5, 0.6) is 5.75 Å². The fraction of sp³-hybridized carbons (Fsp3) is 0.417. The monoisotopic (exact) mass is 241 g/mol. The van der Waals surface area contributed by atoms with Gasteiger partial charge in [0.15, 0.2) is 11.6 Å². The Balaban J connectivity index is 2.58. The number of rotatable bonds is 6. The Morgan fingerprint density at radius 1 is 1.47 bits per heavy atom. The van der Waals surface area contributed by atoms with Gasteiger partial charge in [0.25, 0.3) is 0 Å². The van der Waals surface area contributed by atoms with Gasteiger partial charge in [-0.1, -0.05) is 26.0 Å². The SMILES string of the molecule is CC(C)NC(COc1ccccc1F)C(=O)O. The summed E-state index contributed by atoms with van der Waals surface area (Å²) in [5.74, 6) is -1.46. The van der Waals surface area contributed by atoms with Crippen molar-refractivity contribution < 1.29 is 19.0 Å². The third-order valence-corrected chi connectivity index (χ3v) is 2.07. The largest absolute Gasteiger partial charge is 0.488 e. The first-order valence-electron chi connectivity index (χ1n) is 5.37. The number of nitrogens with one attached hydrogen (secondary N) is 1. The summed E-state index contributed by atoms with van der Waals surface area (Å²) in [5.41, 5.74) is 0. The average Bonchev–Trinajstić information content (AvgIpc) is 2.25. The number of aliphatic carboxylic acids is 1. The predicted molar refractivity (Wildman–Crippen MR) is 61.6 cm³/mol. The van der Waals surface area contributed by atoms with Crippen LogP contribution in [0.4, 0.5) is 4.39 Å². The van der Waals surface area contributed by atoms with Gasteiger partial charge in [-0.2, -0.15) is 0 Å². The lowest BCUT2D eigenvalue weighted by Gasteiger charge is -2.17. The van der Waals surface area contributed by atoms with Crippen molar-refractivity contribution in [2.45, 2.75) is 25.9 Å². The van der Waals surface area contributed by atoms with Crippen molar-refractivity contribution in [3.63, 3.8) is 0 Å². The predicted octanol–water partition coefficient (Wildman–Crippen LogP) is 1.66. The van der Waals surface area contributed by atoms with E-state index in [1.165, 1.54) is 12.1 Å². The van der Waals surface area contributed by atoms with Crippen molar-refractivity contribution in [1.82, 2.24) is 5.32 Å². The molecule has 1 aromatic rings. The minimum atomic E-state index is -1.02. The first-order chi connectivity index (χ1) is 8.00. The van der Waals surface area contributed by atoms with Gasteiger partial charge in [0.05, 0.1) is 0 Å². The van der Waals surface area contributed by atoms with Crippen molar-refractivity contribution >= 4 is 5.97 Å². The zero-order chi connectivity index (χ0) is 12.8. The van der Waals surface area contributed by atoms with Crippen LogP contribution in [-0.4, -0.2) is 29.8 Å². The fourth-order valence-corrected chi connectivity index (χ4v) is 1.33. The van der Waals surface area contributed by atoms with E-state index < -0.39 is 17.8 Å². The van der Waals surface area contributed by atoms with E-state index in [0.29, 0.717) is 0 Å². The first kappa shape index (κ1) is 13.4. The second-order valence-electron chi connectivity index (χ2n) is 3.95. The highest BCUT2D eigenvalue weighted by atomic mass is 19.1. The van der Waals surface area contributed by atoms with Gasteiger partial charge in [-0.3, -0.25) is 10.1 Å². The molecule has 0 heterocycles. The molecule has 0 amide bonds. The molecule has 0 aliphatic carbocycles. The standard InChI is InChI=1S/C12H16FNO3/c1-8(2)14-10(12(15)16)7-17-11-6-4-3-5-9(11)13/h3-6,8,10,14H,7H2,1-2H3,(H,15,16). The third-order valence-electron chi connectivity index (χ3n) is 2.07. The number of carboxylic acids is 1. The molecule has 0 saturated carbocycles. The number of ether oxygens (including phenoxy) is 1. The molecule has 1 unspecified atom stereocenters. The molecule has 0 aliphatic rings. The molecule has 1 rings (SSSR count). The molecular formula is C12H16FNO3. The Morgan fingerprint density at radius 2 is 2.12 bits per heavy atom. The summed E-state index contributed by atoms with van der Waals surface area (Å²) < 4.78 is 18.4.